The van der Waals surface area contributed by atoms with Crippen LogP contribution in [0.2, 0.25) is 0 Å². The van der Waals surface area contributed by atoms with Crippen LogP contribution in [0.1, 0.15) is 10.4 Å². The number of halogens is 1. The molecule has 0 bridgehead atoms. The molecule has 0 fully saturated rings. The zero-order valence-electron chi connectivity index (χ0n) is 13.6. The number of carbonyl (C=O) groups is 1. The van der Waals surface area contributed by atoms with Gasteiger partial charge in [-0.2, -0.15) is 0 Å². The van der Waals surface area contributed by atoms with Gasteiger partial charge in [-0.15, -0.1) is 0 Å². The van der Waals surface area contributed by atoms with E-state index in [1.54, 1.807) is 18.1 Å². The van der Waals surface area contributed by atoms with E-state index in [-0.39, 0.29) is 5.91 Å². The third-order valence-corrected chi connectivity index (χ3v) is 5.59. The van der Waals surface area contributed by atoms with E-state index in [9.17, 15) is 4.79 Å². The third-order valence-electron chi connectivity index (χ3n) is 3.12. The summed E-state index contributed by atoms with van der Waals surface area (Å²) in [5, 5.41) is 3.37. The van der Waals surface area contributed by atoms with E-state index in [2.05, 4.69) is 31.2 Å². The topological polar surface area (TPSA) is 58.1 Å². The number of hydrogen-bond acceptors (Lipinski definition) is 6. The normalized spacial score (nSPS) is 10.9. The Bertz CT molecular complexity index is 866. The number of nitrogens with zero attached hydrogens (tertiary/aromatic N) is 3. The first-order chi connectivity index (χ1) is 12.0. The maximum absolute atomic E-state index is 12.4. The van der Waals surface area contributed by atoms with Crippen molar-refractivity contribution in [2.75, 3.05) is 19.4 Å². The highest BCUT2D eigenvalue weighted by atomic mass is 79.9. The number of aromatic nitrogens is 2. The van der Waals surface area contributed by atoms with E-state index in [0.717, 1.165) is 20.1 Å². The lowest BCUT2D eigenvalue weighted by Gasteiger charge is -2.08. The zero-order valence-corrected chi connectivity index (χ0v) is 16.8. The van der Waals surface area contributed by atoms with Crippen molar-refractivity contribution in [3.63, 3.8) is 0 Å². The highest BCUT2D eigenvalue weighted by molar-refractivity contribution is 9.11. The molecule has 3 rings (SSSR count). The van der Waals surface area contributed by atoms with E-state index in [1.165, 1.54) is 11.3 Å². The summed E-state index contributed by atoms with van der Waals surface area (Å²) in [6, 6.07) is 13.1. The summed E-state index contributed by atoms with van der Waals surface area (Å²) in [4.78, 5) is 22.2. The van der Waals surface area contributed by atoms with Gasteiger partial charge in [0.15, 0.2) is 5.13 Å². The van der Waals surface area contributed by atoms with Crippen LogP contribution in [0.3, 0.4) is 0 Å². The lowest BCUT2D eigenvalue weighted by Crippen LogP contribution is -2.11. The summed E-state index contributed by atoms with van der Waals surface area (Å²) in [5.74, 6) is -0.185. The first kappa shape index (κ1) is 18.1. The van der Waals surface area contributed by atoms with Crippen LogP contribution in [-0.2, 0) is 0 Å². The van der Waals surface area contributed by atoms with Gasteiger partial charge in [-0.1, -0.05) is 17.4 Å². The molecule has 0 aliphatic heterocycles. The summed E-state index contributed by atoms with van der Waals surface area (Å²) in [7, 11) is 3.95. The van der Waals surface area contributed by atoms with Gasteiger partial charge in [-0.3, -0.25) is 19.4 Å². The van der Waals surface area contributed by atoms with Gasteiger partial charge in [0.25, 0.3) is 5.91 Å². The smallest absolute Gasteiger partial charge is 0.257 e. The molecule has 0 saturated heterocycles. The number of rotatable bonds is 5. The van der Waals surface area contributed by atoms with Gasteiger partial charge < -0.3 is 0 Å². The van der Waals surface area contributed by atoms with Gasteiger partial charge in [-0.25, -0.2) is 4.98 Å². The van der Waals surface area contributed by atoms with E-state index in [4.69, 9.17) is 0 Å². The van der Waals surface area contributed by atoms with E-state index in [0.29, 0.717) is 10.7 Å². The minimum Gasteiger partial charge on any atom is -0.298 e. The standard InChI is InChI=1S/C17H15BrN4OS2/c1-22(2)25-12-8-6-11(7-9-12)16(23)21-17-20-14(15(18)24-17)13-5-3-4-10-19-13/h3-10H,1-2H3,(H,20,21,23). The number of benzene rings is 1. The summed E-state index contributed by atoms with van der Waals surface area (Å²) < 4.78 is 2.83. The first-order valence-electron chi connectivity index (χ1n) is 7.37. The van der Waals surface area contributed by atoms with Crippen LogP contribution in [0, 0.1) is 0 Å². The number of thiazole rings is 1. The fourth-order valence-corrected chi connectivity index (χ4v) is 4.19. The van der Waals surface area contributed by atoms with Crippen LogP contribution in [0.4, 0.5) is 5.13 Å². The van der Waals surface area contributed by atoms with Crippen molar-refractivity contribution < 1.29 is 4.79 Å². The van der Waals surface area contributed by atoms with Crippen molar-refractivity contribution in [1.29, 1.82) is 0 Å². The van der Waals surface area contributed by atoms with Gasteiger partial charge in [0.2, 0.25) is 0 Å². The number of pyridine rings is 1. The lowest BCUT2D eigenvalue weighted by molar-refractivity contribution is 0.102. The molecule has 0 aliphatic carbocycles. The van der Waals surface area contributed by atoms with Crippen LogP contribution >= 0.6 is 39.2 Å². The number of carbonyl (C=O) groups excluding carboxylic acids is 1. The van der Waals surface area contributed by atoms with Gasteiger partial charge in [0, 0.05) is 16.7 Å². The second-order valence-corrected chi connectivity index (χ2v) is 8.94. The second-order valence-electron chi connectivity index (χ2n) is 5.24. The molecule has 0 atom stereocenters. The maximum atomic E-state index is 12.4. The van der Waals surface area contributed by atoms with Crippen molar-refractivity contribution in [3.05, 3.63) is 58.0 Å². The van der Waals surface area contributed by atoms with Gasteiger partial charge in [0.1, 0.15) is 9.48 Å². The molecule has 0 aliphatic rings. The molecule has 3 aromatic rings. The number of anilines is 1. The molecule has 0 radical (unpaired) electrons. The largest absolute Gasteiger partial charge is 0.298 e. The highest BCUT2D eigenvalue weighted by Crippen LogP contribution is 2.34. The molecule has 0 saturated carbocycles. The first-order valence-corrected chi connectivity index (χ1v) is 9.75. The van der Waals surface area contributed by atoms with Crippen LogP contribution < -0.4 is 5.32 Å². The van der Waals surface area contributed by atoms with E-state index < -0.39 is 0 Å². The number of amides is 1. The van der Waals surface area contributed by atoms with Gasteiger partial charge in [-0.05, 0) is 78.4 Å². The fourth-order valence-electron chi connectivity index (χ4n) is 2.06. The van der Waals surface area contributed by atoms with Crippen molar-refractivity contribution >= 4 is 50.3 Å². The number of nitrogens with one attached hydrogen (secondary N) is 1. The summed E-state index contributed by atoms with van der Waals surface area (Å²) in [6.45, 7) is 0. The predicted molar refractivity (Wildman–Crippen MR) is 107 cm³/mol. The Kier molecular flexibility index (Phi) is 5.85. The van der Waals surface area contributed by atoms with Crippen molar-refractivity contribution in [2.45, 2.75) is 4.90 Å². The van der Waals surface area contributed by atoms with Crippen LogP contribution in [0.25, 0.3) is 11.4 Å². The number of hydrogen-bond donors (Lipinski definition) is 1. The molecule has 2 heterocycles. The van der Waals surface area contributed by atoms with Gasteiger partial charge in [0.05, 0.1) is 5.69 Å². The summed E-state index contributed by atoms with van der Waals surface area (Å²) >= 11 is 6.46. The highest BCUT2D eigenvalue weighted by Gasteiger charge is 2.14. The molecule has 1 N–H and O–H groups in total. The maximum Gasteiger partial charge on any atom is 0.257 e. The summed E-state index contributed by atoms with van der Waals surface area (Å²) in [6.07, 6.45) is 1.71. The van der Waals surface area contributed by atoms with Crippen LogP contribution in [-0.4, -0.2) is 34.3 Å². The molecule has 25 heavy (non-hydrogen) atoms. The molecule has 1 aromatic carbocycles. The molecule has 8 heteroatoms. The predicted octanol–water partition coefficient (Wildman–Crippen LogP) is 4.79. The van der Waals surface area contributed by atoms with Crippen molar-refractivity contribution in [3.8, 4) is 11.4 Å². The molecule has 1 amide bonds. The van der Waals surface area contributed by atoms with E-state index >= 15 is 0 Å². The molecule has 0 spiro atoms. The molecule has 2 aromatic heterocycles. The average Bonchev–Trinajstić information content (AvgIpc) is 2.96. The lowest BCUT2D eigenvalue weighted by atomic mass is 10.2. The molecular formula is C17H15BrN4OS2. The molecular weight excluding hydrogens is 420 g/mol. The Morgan fingerprint density at radius 3 is 2.60 bits per heavy atom. The SMILES string of the molecule is CN(C)Sc1ccc(C(=O)Nc2nc(-c3ccccn3)c(Br)s2)cc1. The van der Waals surface area contributed by atoms with Crippen LogP contribution in [0.15, 0.2) is 57.3 Å². The van der Waals surface area contributed by atoms with Crippen LogP contribution in [0.5, 0.6) is 0 Å². The Balaban J connectivity index is 1.73. The zero-order chi connectivity index (χ0) is 17.8. The third kappa shape index (κ3) is 4.66. The molecule has 5 nitrogen and oxygen atoms in total. The van der Waals surface area contributed by atoms with E-state index in [1.807, 2.05) is 60.9 Å². The minimum atomic E-state index is -0.185. The minimum absolute atomic E-state index is 0.185. The Labute approximate surface area is 162 Å². The fraction of sp³-hybridized carbons (Fsp3) is 0.118. The quantitative estimate of drug-likeness (QED) is 0.584. The summed E-state index contributed by atoms with van der Waals surface area (Å²) in [5.41, 5.74) is 2.07. The monoisotopic (exact) mass is 434 g/mol. The Morgan fingerprint density at radius 1 is 1.20 bits per heavy atom. The molecule has 128 valence electrons. The Hall–Kier alpha value is -1.74. The van der Waals surface area contributed by atoms with Crippen molar-refractivity contribution in [2.24, 2.45) is 0 Å². The second kappa shape index (κ2) is 8.09. The van der Waals surface area contributed by atoms with Crippen molar-refractivity contribution in [1.82, 2.24) is 14.3 Å². The van der Waals surface area contributed by atoms with Gasteiger partial charge >= 0.3 is 0 Å². The Morgan fingerprint density at radius 2 is 1.96 bits per heavy atom. The average molecular weight is 435 g/mol. The molecule has 0 unspecified atom stereocenters.